The van der Waals surface area contributed by atoms with Crippen LogP contribution in [-0.4, -0.2) is 68.1 Å². The molecule has 0 spiro atoms. The molecular weight excluding hydrogens is 364 g/mol. The molecule has 1 aromatic rings. The Morgan fingerprint density at radius 2 is 1.64 bits per heavy atom. The lowest BCUT2D eigenvalue weighted by molar-refractivity contribution is -0.138. The van der Waals surface area contributed by atoms with E-state index in [0.717, 1.165) is 0 Å². The Balaban J connectivity index is 3.59. The van der Waals surface area contributed by atoms with Gasteiger partial charge >= 0.3 is 11.9 Å². The van der Waals surface area contributed by atoms with E-state index < -0.39 is 23.5 Å². The molecule has 0 aliphatic heterocycles. The van der Waals surface area contributed by atoms with Crippen LogP contribution in [0, 0.1) is 0 Å². The van der Waals surface area contributed by atoms with Crippen molar-refractivity contribution < 1.29 is 19.1 Å². The molecule has 1 amide bonds. The number of carbonyl (C=O) groups excluding carboxylic acids is 3. The van der Waals surface area contributed by atoms with E-state index in [1.165, 1.54) is 12.1 Å². The SMILES string of the molecule is CCOC(=O)C(C(N=[N+]=[N-])=NC(=O)C(=O)c1ccccc1)=C(N(C)C)N(C)C. The van der Waals surface area contributed by atoms with Crippen LogP contribution in [0.2, 0.25) is 0 Å². The number of benzene rings is 1. The fourth-order valence-corrected chi connectivity index (χ4v) is 2.36. The maximum Gasteiger partial charge on any atom is 0.343 e. The topological polar surface area (TPSA) is 128 Å². The minimum atomic E-state index is -1.17. The lowest BCUT2D eigenvalue weighted by Gasteiger charge is -2.27. The summed E-state index contributed by atoms with van der Waals surface area (Å²) in [6.07, 6.45) is 0. The summed E-state index contributed by atoms with van der Waals surface area (Å²) >= 11 is 0. The van der Waals surface area contributed by atoms with E-state index in [1.54, 1.807) is 63.1 Å². The summed E-state index contributed by atoms with van der Waals surface area (Å²) in [4.78, 5) is 46.6. The third kappa shape index (κ3) is 5.68. The van der Waals surface area contributed by atoms with Crippen LogP contribution in [0.15, 0.2) is 51.8 Å². The number of nitrogens with zero attached hydrogens (tertiary/aromatic N) is 6. The molecule has 0 fully saturated rings. The van der Waals surface area contributed by atoms with Gasteiger partial charge in [0.2, 0.25) is 0 Å². The number of carbonyl (C=O) groups is 3. The molecule has 0 radical (unpaired) electrons. The van der Waals surface area contributed by atoms with Crippen LogP contribution in [0.3, 0.4) is 0 Å². The van der Waals surface area contributed by atoms with Crippen LogP contribution < -0.4 is 0 Å². The largest absolute Gasteiger partial charge is 0.462 e. The lowest BCUT2D eigenvalue weighted by Crippen LogP contribution is -2.32. The predicted octanol–water partition coefficient (Wildman–Crippen LogP) is 2.00. The quantitative estimate of drug-likeness (QED) is 0.0811. The zero-order valence-electron chi connectivity index (χ0n) is 16.4. The van der Waals surface area contributed by atoms with Gasteiger partial charge in [-0.05, 0) is 17.6 Å². The zero-order valence-corrected chi connectivity index (χ0v) is 16.4. The Hall–Kier alpha value is -3.65. The second-order valence-corrected chi connectivity index (χ2v) is 5.83. The van der Waals surface area contributed by atoms with E-state index in [4.69, 9.17) is 10.3 Å². The number of hydrogen-bond acceptors (Lipinski definition) is 6. The first-order chi connectivity index (χ1) is 13.2. The summed E-state index contributed by atoms with van der Waals surface area (Å²) in [6.45, 7) is 1.66. The number of rotatable bonds is 7. The van der Waals surface area contributed by atoms with Crippen LogP contribution in [0.4, 0.5) is 0 Å². The van der Waals surface area contributed by atoms with Gasteiger partial charge in [-0.15, -0.1) is 0 Å². The van der Waals surface area contributed by atoms with E-state index in [2.05, 4.69) is 15.0 Å². The number of esters is 1. The molecule has 28 heavy (non-hydrogen) atoms. The first-order valence-electron chi connectivity index (χ1n) is 8.28. The van der Waals surface area contributed by atoms with Gasteiger partial charge in [-0.1, -0.05) is 30.3 Å². The van der Waals surface area contributed by atoms with Crippen molar-refractivity contribution in [1.82, 2.24) is 9.80 Å². The van der Waals surface area contributed by atoms with Crippen LogP contribution in [0.5, 0.6) is 0 Å². The average Bonchev–Trinajstić information content (AvgIpc) is 2.65. The third-order valence-corrected chi connectivity index (χ3v) is 3.35. The number of ether oxygens (including phenoxy) is 1. The van der Waals surface area contributed by atoms with Gasteiger partial charge in [-0.3, -0.25) is 9.59 Å². The van der Waals surface area contributed by atoms with Crippen molar-refractivity contribution in [1.29, 1.82) is 0 Å². The monoisotopic (exact) mass is 386 g/mol. The van der Waals surface area contributed by atoms with Gasteiger partial charge in [0.15, 0.2) is 0 Å². The summed E-state index contributed by atoms with van der Waals surface area (Å²) in [6, 6.07) is 7.79. The Morgan fingerprint density at radius 3 is 2.11 bits per heavy atom. The number of Topliss-reactive ketones (excluding diaryl/α,β-unsaturated/α-hetero) is 1. The maximum atomic E-state index is 12.5. The van der Waals surface area contributed by atoms with E-state index in [-0.39, 0.29) is 23.6 Å². The van der Waals surface area contributed by atoms with Crippen molar-refractivity contribution in [2.75, 3.05) is 34.8 Å². The minimum Gasteiger partial charge on any atom is -0.462 e. The maximum absolute atomic E-state index is 12.5. The molecule has 10 nitrogen and oxygen atoms in total. The average molecular weight is 386 g/mol. The van der Waals surface area contributed by atoms with Crippen LogP contribution in [0.25, 0.3) is 10.4 Å². The number of ketones is 1. The van der Waals surface area contributed by atoms with Crippen LogP contribution in [-0.2, 0) is 14.3 Å². The molecule has 0 atom stereocenters. The molecule has 0 bridgehead atoms. The highest BCUT2D eigenvalue weighted by Crippen LogP contribution is 2.16. The fraction of sp³-hybridized carbons (Fsp3) is 0.333. The van der Waals surface area contributed by atoms with Crippen molar-refractivity contribution in [2.24, 2.45) is 10.1 Å². The smallest absolute Gasteiger partial charge is 0.343 e. The molecule has 0 unspecified atom stereocenters. The van der Waals surface area contributed by atoms with E-state index in [9.17, 15) is 14.4 Å². The van der Waals surface area contributed by atoms with Crippen LogP contribution >= 0.6 is 0 Å². The number of aliphatic imine (C=N–C) groups is 1. The minimum absolute atomic E-state index is 0.0525. The van der Waals surface area contributed by atoms with Gasteiger partial charge < -0.3 is 14.5 Å². The van der Waals surface area contributed by atoms with E-state index >= 15 is 0 Å². The first-order valence-corrected chi connectivity index (χ1v) is 8.28. The summed E-state index contributed by atoms with van der Waals surface area (Å²) in [5.41, 5.74) is 8.80. The van der Waals surface area contributed by atoms with Gasteiger partial charge in [0.05, 0.1) is 6.61 Å². The lowest BCUT2D eigenvalue weighted by atomic mass is 10.1. The molecule has 10 heteroatoms. The Kier molecular flexibility index (Phi) is 8.39. The van der Waals surface area contributed by atoms with Crippen LogP contribution in [0.1, 0.15) is 17.3 Å². The molecule has 0 N–H and O–H groups in total. The number of hydrogen-bond donors (Lipinski definition) is 0. The highest BCUT2D eigenvalue weighted by molar-refractivity contribution is 6.45. The van der Waals surface area contributed by atoms with Crippen molar-refractivity contribution in [2.45, 2.75) is 6.92 Å². The number of azide groups is 1. The van der Waals surface area contributed by atoms with Crippen molar-refractivity contribution in [3.8, 4) is 0 Å². The number of amidine groups is 1. The van der Waals surface area contributed by atoms with Gasteiger partial charge in [-0.25, -0.2) is 9.79 Å². The van der Waals surface area contributed by atoms with Gasteiger partial charge in [0, 0.05) is 38.7 Å². The molecule has 0 aromatic heterocycles. The predicted molar refractivity (Wildman–Crippen MR) is 103 cm³/mol. The van der Waals surface area contributed by atoms with Crippen molar-refractivity contribution in [3.63, 3.8) is 0 Å². The van der Waals surface area contributed by atoms with Gasteiger partial charge in [-0.2, -0.15) is 0 Å². The summed E-state index contributed by atoms with van der Waals surface area (Å²) in [7, 11) is 6.61. The molecule has 0 aliphatic rings. The molecule has 148 valence electrons. The molecular formula is C18H22N6O4. The highest BCUT2D eigenvalue weighted by Gasteiger charge is 2.27. The molecule has 1 rings (SSSR count). The second-order valence-electron chi connectivity index (χ2n) is 5.83. The molecule has 0 heterocycles. The molecule has 1 aromatic carbocycles. The standard InChI is InChI=1S/C18H22N6O4/c1-6-28-18(27)13(17(23(2)3)24(4)5)15(21-22-19)20-16(26)14(25)12-10-8-7-9-11-12/h7-11H,6H2,1-5H3. The third-order valence-electron chi connectivity index (χ3n) is 3.35. The highest BCUT2D eigenvalue weighted by atomic mass is 16.5. The Labute approximate surface area is 162 Å². The van der Waals surface area contributed by atoms with Crippen molar-refractivity contribution in [3.05, 3.63) is 57.7 Å². The van der Waals surface area contributed by atoms with E-state index in [0.29, 0.717) is 0 Å². The Morgan fingerprint density at radius 1 is 1.07 bits per heavy atom. The first kappa shape index (κ1) is 22.4. The zero-order chi connectivity index (χ0) is 21.3. The van der Waals surface area contributed by atoms with Gasteiger partial charge in [0.25, 0.3) is 5.78 Å². The Bertz CT molecular complexity index is 842. The molecule has 0 saturated carbocycles. The fourth-order valence-electron chi connectivity index (χ4n) is 2.36. The normalized spacial score (nSPS) is 10.4. The summed E-state index contributed by atoms with van der Waals surface area (Å²) in [5, 5.41) is 3.38. The molecule has 0 aliphatic carbocycles. The number of amides is 1. The summed E-state index contributed by atoms with van der Waals surface area (Å²) in [5.74, 6) is -3.18. The molecule has 0 saturated heterocycles. The van der Waals surface area contributed by atoms with Gasteiger partial charge in [0.1, 0.15) is 17.2 Å². The second kappa shape index (κ2) is 10.5. The summed E-state index contributed by atoms with van der Waals surface area (Å²) < 4.78 is 5.03. The van der Waals surface area contributed by atoms with E-state index in [1.807, 2.05) is 0 Å². The van der Waals surface area contributed by atoms with Crippen molar-refractivity contribution >= 4 is 23.5 Å².